The topological polar surface area (TPSA) is 89.4 Å². The molecule has 27 heavy (non-hydrogen) atoms. The summed E-state index contributed by atoms with van der Waals surface area (Å²) >= 11 is 0. The second-order valence-electron chi connectivity index (χ2n) is 6.16. The summed E-state index contributed by atoms with van der Waals surface area (Å²) in [4.78, 5) is 25.0. The number of anilines is 1. The molecule has 0 bridgehead atoms. The molecule has 1 N–H and O–H groups in total. The molecule has 0 fully saturated rings. The average molecular weight is 369 g/mol. The van der Waals surface area contributed by atoms with E-state index >= 15 is 0 Å². The van der Waals surface area contributed by atoms with Crippen LogP contribution in [0.3, 0.4) is 0 Å². The van der Waals surface area contributed by atoms with Crippen LogP contribution < -0.4 is 14.8 Å². The van der Waals surface area contributed by atoms with E-state index in [1.54, 1.807) is 36.4 Å². The average Bonchev–Trinajstić information content (AvgIpc) is 2.66. The van der Waals surface area contributed by atoms with Gasteiger partial charge in [-0.25, -0.2) is 0 Å². The van der Waals surface area contributed by atoms with Gasteiger partial charge in [0.05, 0.1) is 19.9 Å². The predicted molar refractivity (Wildman–Crippen MR) is 103 cm³/mol. The number of benzene rings is 2. The first kappa shape index (κ1) is 20.1. The highest BCUT2D eigenvalue weighted by Gasteiger charge is 2.39. The van der Waals surface area contributed by atoms with E-state index in [1.165, 1.54) is 28.1 Å². The van der Waals surface area contributed by atoms with Crippen LogP contribution in [0.2, 0.25) is 0 Å². The third kappa shape index (κ3) is 4.49. The number of carbonyl (C=O) groups excluding carboxylic acids is 2. The molecule has 0 heterocycles. The molecule has 2 aromatic rings. The molecular formula is C20H23N3O4. The molecule has 0 aliphatic carbocycles. The van der Waals surface area contributed by atoms with Gasteiger partial charge in [-0.2, -0.15) is 10.2 Å². The van der Waals surface area contributed by atoms with Crippen molar-refractivity contribution in [3.63, 3.8) is 0 Å². The largest absolute Gasteiger partial charge is 0.495 e. The Balaban J connectivity index is 2.34. The molecule has 1 amide bonds. The van der Waals surface area contributed by atoms with Crippen LogP contribution in [0.1, 0.15) is 19.4 Å². The Morgan fingerprint density at radius 2 is 1.70 bits per heavy atom. The van der Waals surface area contributed by atoms with Crippen molar-refractivity contribution in [1.29, 1.82) is 0 Å². The molecule has 2 rings (SSSR count). The molecule has 0 saturated heterocycles. The smallest absolute Gasteiger partial charge is 0.261 e. The van der Waals surface area contributed by atoms with Crippen LogP contribution in [0.15, 0.2) is 52.7 Å². The number of carbonyl (C=O) groups is 2. The minimum atomic E-state index is -1.70. The van der Waals surface area contributed by atoms with Gasteiger partial charge in [-0.3, -0.25) is 9.59 Å². The summed E-state index contributed by atoms with van der Waals surface area (Å²) in [7, 11) is 3.02. The van der Waals surface area contributed by atoms with E-state index in [2.05, 4.69) is 15.5 Å². The zero-order valence-electron chi connectivity index (χ0n) is 16.1. The Morgan fingerprint density at radius 3 is 2.33 bits per heavy atom. The Morgan fingerprint density at radius 1 is 1.04 bits per heavy atom. The third-order valence-corrected chi connectivity index (χ3v) is 4.18. The molecule has 7 nitrogen and oxygen atoms in total. The van der Waals surface area contributed by atoms with E-state index in [-0.39, 0.29) is 0 Å². The lowest BCUT2D eigenvalue weighted by atomic mass is 9.97. The van der Waals surface area contributed by atoms with Crippen LogP contribution in [0.5, 0.6) is 11.5 Å². The number of ether oxygens (including phenoxy) is 2. The zero-order valence-corrected chi connectivity index (χ0v) is 16.1. The number of nitrogens with zero attached hydrogens (tertiary/aromatic N) is 2. The lowest BCUT2D eigenvalue weighted by molar-refractivity contribution is -0.131. The maximum atomic E-state index is 12.8. The summed E-state index contributed by atoms with van der Waals surface area (Å²) < 4.78 is 10.5. The fourth-order valence-corrected chi connectivity index (χ4v) is 2.29. The molecule has 0 aliphatic heterocycles. The van der Waals surface area contributed by atoms with Crippen molar-refractivity contribution in [2.24, 2.45) is 10.2 Å². The number of rotatable bonds is 7. The molecule has 1 atom stereocenters. The molecule has 2 aromatic carbocycles. The molecule has 1 unspecified atom stereocenters. The Labute approximate surface area is 158 Å². The van der Waals surface area contributed by atoms with Crippen LogP contribution in [0.25, 0.3) is 0 Å². The number of para-hydroxylation sites is 2. The number of nitrogens with one attached hydrogen (secondary N) is 1. The van der Waals surface area contributed by atoms with Crippen LogP contribution in [-0.4, -0.2) is 31.4 Å². The molecule has 0 aliphatic rings. The Kier molecular flexibility index (Phi) is 6.28. The Hall–Kier alpha value is -3.22. The SMILES string of the molecule is COc1cc(C)ccc1N=NC(C)(C(C)=O)C(=O)Nc1ccccc1OC. The highest BCUT2D eigenvalue weighted by Crippen LogP contribution is 2.31. The summed E-state index contributed by atoms with van der Waals surface area (Å²) in [5.74, 6) is -0.0530. The number of azo groups is 1. The van der Waals surface area contributed by atoms with Gasteiger partial charge in [0.2, 0.25) is 5.54 Å². The molecule has 142 valence electrons. The van der Waals surface area contributed by atoms with Gasteiger partial charge in [0.15, 0.2) is 5.78 Å². The van der Waals surface area contributed by atoms with Gasteiger partial charge in [-0.15, -0.1) is 0 Å². The van der Waals surface area contributed by atoms with E-state index in [9.17, 15) is 9.59 Å². The number of Topliss-reactive ketones (excluding diaryl/α,β-unsaturated/α-hetero) is 1. The van der Waals surface area contributed by atoms with Crippen molar-refractivity contribution in [3.8, 4) is 11.5 Å². The minimum absolute atomic E-state index is 0.431. The second kappa shape index (κ2) is 8.44. The summed E-state index contributed by atoms with van der Waals surface area (Å²) in [6.07, 6.45) is 0. The van der Waals surface area contributed by atoms with E-state index in [1.807, 2.05) is 13.0 Å². The highest BCUT2D eigenvalue weighted by molar-refractivity contribution is 6.14. The van der Waals surface area contributed by atoms with E-state index < -0.39 is 17.2 Å². The third-order valence-electron chi connectivity index (χ3n) is 4.18. The lowest BCUT2D eigenvalue weighted by Gasteiger charge is -2.20. The molecule has 0 aromatic heterocycles. The second-order valence-corrected chi connectivity index (χ2v) is 6.16. The van der Waals surface area contributed by atoms with Gasteiger partial charge in [0.25, 0.3) is 5.91 Å². The molecule has 7 heteroatoms. The van der Waals surface area contributed by atoms with Gasteiger partial charge in [0.1, 0.15) is 17.2 Å². The van der Waals surface area contributed by atoms with Crippen molar-refractivity contribution in [2.75, 3.05) is 19.5 Å². The summed E-state index contributed by atoms with van der Waals surface area (Å²) in [6.45, 7) is 4.64. The van der Waals surface area contributed by atoms with Gasteiger partial charge >= 0.3 is 0 Å². The number of hydrogen-bond acceptors (Lipinski definition) is 6. The number of hydrogen-bond donors (Lipinski definition) is 1. The quantitative estimate of drug-likeness (QED) is 0.588. The van der Waals surface area contributed by atoms with Crippen LogP contribution >= 0.6 is 0 Å². The standard InChI is InChI=1S/C20H23N3O4/c1-13-10-11-16(18(12-13)27-5)22-23-20(3,14(2)24)19(25)21-15-8-6-7-9-17(15)26-4/h6-12H,1-5H3,(H,21,25). The summed E-state index contributed by atoms with van der Waals surface area (Å²) in [6, 6.07) is 12.3. The molecule has 0 radical (unpaired) electrons. The number of amides is 1. The zero-order chi connectivity index (χ0) is 20.0. The van der Waals surface area contributed by atoms with E-state index in [0.717, 1.165) is 5.56 Å². The van der Waals surface area contributed by atoms with Crippen LogP contribution in [-0.2, 0) is 9.59 Å². The monoisotopic (exact) mass is 369 g/mol. The number of aryl methyl sites for hydroxylation is 1. The highest BCUT2D eigenvalue weighted by atomic mass is 16.5. The molecule has 0 saturated carbocycles. The summed E-state index contributed by atoms with van der Waals surface area (Å²) in [5, 5.41) is 10.8. The van der Waals surface area contributed by atoms with Gasteiger partial charge in [-0.05, 0) is 50.6 Å². The van der Waals surface area contributed by atoms with Crippen molar-refractivity contribution < 1.29 is 19.1 Å². The normalized spacial score (nSPS) is 13.1. The van der Waals surface area contributed by atoms with Crippen molar-refractivity contribution in [3.05, 3.63) is 48.0 Å². The van der Waals surface area contributed by atoms with Crippen molar-refractivity contribution in [2.45, 2.75) is 26.3 Å². The van der Waals surface area contributed by atoms with Gasteiger partial charge in [-0.1, -0.05) is 18.2 Å². The van der Waals surface area contributed by atoms with Crippen molar-refractivity contribution in [1.82, 2.24) is 0 Å². The number of ketones is 1. The predicted octanol–water partition coefficient (Wildman–Crippen LogP) is 4.08. The maximum Gasteiger partial charge on any atom is 0.261 e. The van der Waals surface area contributed by atoms with Crippen LogP contribution in [0, 0.1) is 6.92 Å². The lowest BCUT2D eigenvalue weighted by Crippen LogP contribution is -2.44. The van der Waals surface area contributed by atoms with Crippen LogP contribution in [0.4, 0.5) is 11.4 Å². The molecular weight excluding hydrogens is 346 g/mol. The summed E-state index contributed by atoms with van der Waals surface area (Å²) in [5.41, 5.74) is 0.173. The first-order chi connectivity index (χ1) is 12.8. The fourth-order valence-electron chi connectivity index (χ4n) is 2.29. The first-order valence-electron chi connectivity index (χ1n) is 8.35. The maximum absolute atomic E-state index is 12.8. The van der Waals surface area contributed by atoms with Gasteiger partial charge in [0, 0.05) is 0 Å². The Bertz CT molecular complexity index is 879. The van der Waals surface area contributed by atoms with E-state index in [4.69, 9.17) is 9.47 Å². The fraction of sp³-hybridized carbons (Fsp3) is 0.300. The first-order valence-corrected chi connectivity index (χ1v) is 8.35. The minimum Gasteiger partial charge on any atom is -0.495 e. The van der Waals surface area contributed by atoms with E-state index in [0.29, 0.717) is 22.9 Å². The molecule has 0 spiro atoms. The number of methoxy groups -OCH3 is 2. The van der Waals surface area contributed by atoms with Gasteiger partial charge < -0.3 is 14.8 Å². The van der Waals surface area contributed by atoms with Crippen molar-refractivity contribution >= 4 is 23.1 Å².